The molecule has 0 saturated carbocycles. The van der Waals surface area contributed by atoms with Crippen molar-refractivity contribution in [2.24, 2.45) is 0 Å². The second-order valence-corrected chi connectivity index (χ2v) is 7.74. The Balaban J connectivity index is 1.61. The smallest absolute Gasteiger partial charge is 0.256 e. The van der Waals surface area contributed by atoms with Crippen LogP contribution < -0.4 is 15.4 Å². The first kappa shape index (κ1) is 20.6. The number of benzene rings is 2. The number of para-hydroxylation sites is 2. The average molecular weight is 441 g/mol. The molecule has 0 bridgehead atoms. The van der Waals surface area contributed by atoms with Crippen LogP contribution in [0.3, 0.4) is 0 Å². The summed E-state index contributed by atoms with van der Waals surface area (Å²) in [7, 11) is 1.61. The first-order valence-corrected chi connectivity index (χ1v) is 10.6. The molecule has 2 N–H and O–H groups in total. The van der Waals surface area contributed by atoms with E-state index in [2.05, 4.69) is 10.6 Å². The number of fused-ring (bicyclic) bond motifs is 1. The van der Waals surface area contributed by atoms with Crippen LogP contribution in [0.1, 0.15) is 24.5 Å². The van der Waals surface area contributed by atoms with Gasteiger partial charge in [-0.1, -0.05) is 30.3 Å². The van der Waals surface area contributed by atoms with Gasteiger partial charge in [0.2, 0.25) is 5.95 Å². The highest BCUT2D eigenvalue weighted by Gasteiger charge is 2.36. The van der Waals surface area contributed by atoms with Crippen LogP contribution in [0.2, 0.25) is 0 Å². The van der Waals surface area contributed by atoms with Gasteiger partial charge in [0, 0.05) is 11.4 Å². The Bertz CT molecular complexity index is 1350. The molecule has 0 fully saturated rings. The van der Waals surface area contributed by atoms with E-state index in [4.69, 9.17) is 19.2 Å². The van der Waals surface area contributed by atoms with E-state index < -0.39 is 6.04 Å². The molecule has 0 aliphatic carbocycles. The zero-order valence-corrected chi connectivity index (χ0v) is 18.5. The molecular weight excluding hydrogens is 418 g/mol. The van der Waals surface area contributed by atoms with Gasteiger partial charge < -0.3 is 19.8 Å². The van der Waals surface area contributed by atoms with E-state index in [1.807, 2.05) is 80.6 Å². The Morgan fingerprint density at radius 3 is 2.55 bits per heavy atom. The molecule has 166 valence electrons. The first-order valence-electron chi connectivity index (χ1n) is 10.6. The number of amides is 1. The maximum absolute atomic E-state index is 13.4. The molecule has 5 rings (SSSR count). The minimum Gasteiger partial charge on any atom is -0.496 e. The van der Waals surface area contributed by atoms with Crippen molar-refractivity contribution >= 4 is 17.5 Å². The Kier molecular flexibility index (Phi) is 5.18. The largest absolute Gasteiger partial charge is 0.496 e. The van der Waals surface area contributed by atoms with Crippen molar-refractivity contribution in [2.45, 2.75) is 19.9 Å². The first-order chi connectivity index (χ1) is 16.0. The maximum atomic E-state index is 13.4. The van der Waals surface area contributed by atoms with Gasteiger partial charge >= 0.3 is 0 Å². The van der Waals surface area contributed by atoms with Crippen molar-refractivity contribution in [3.05, 3.63) is 89.5 Å². The molecule has 2 aromatic carbocycles. The number of allylic oxidation sites excluding steroid dienone is 1. The van der Waals surface area contributed by atoms with Gasteiger partial charge in [-0.05, 0) is 50.2 Å². The molecule has 1 unspecified atom stereocenters. The standard InChI is InChI=1S/C25H23N5O3/c1-15-13-14-20(33-15)22-21(24(31)27-17-9-5-4-6-10-17)16(2)26-25-28-23(29-30(22)25)18-11-7-8-12-19(18)32-3/h4-14,22H,1-3H3,(H,27,31)(H,26,28,29). The Hall–Kier alpha value is -4.33. The van der Waals surface area contributed by atoms with Crippen LogP contribution in [0.4, 0.5) is 11.6 Å². The minimum absolute atomic E-state index is 0.245. The number of carbonyl (C=O) groups excluding carboxylic acids is 1. The highest BCUT2D eigenvalue weighted by Crippen LogP contribution is 2.38. The molecule has 33 heavy (non-hydrogen) atoms. The summed E-state index contributed by atoms with van der Waals surface area (Å²) < 4.78 is 13.1. The van der Waals surface area contributed by atoms with Crippen molar-refractivity contribution in [3.63, 3.8) is 0 Å². The summed E-state index contributed by atoms with van der Waals surface area (Å²) in [6, 6.07) is 20.0. The lowest BCUT2D eigenvalue weighted by Gasteiger charge is -2.27. The molecule has 1 aliphatic heterocycles. The van der Waals surface area contributed by atoms with Gasteiger partial charge in [-0.3, -0.25) is 4.79 Å². The fourth-order valence-electron chi connectivity index (χ4n) is 3.97. The Morgan fingerprint density at radius 2 is 1.82 bits per heavy atom. The summed E-state index contributed by atoms with van der Waals surface area (Å²) in [5.41, 5.74) is 2.63. The second kappa shape index (κ2) is 8.31. The highest BCUT2D eigenvalue weighted by atomic mass is 16.5. The van der Waals surface area contributed by atoms with E-state index >= 15 is 0 Å². The van der Waals surface area contributed by atoms with Crippen LogP contribution >= 0.6 is 0 Å². The van der Waals surface area contributed by atoms with Crippen LogP contribution in [-0.2, 0) is 4.79 Å². The average Bonchev–Trinajstić information content (AvgIpc) is 3.44. The van der Waals surface area contributed by atoms with Crippen LogP contribution in [0.25, 0.3) is 11.4 Å². The van der Waals surface area contributed by atoms with Gasteiger partial charge in [0.05, 0.1) is 18.2 Å². The molecule has 8 nitrogen and oxygen atoms in total. The summed E-state index contributed by atoms with van der Waals surface area (Å²) in [6.07, 6.45) is 0. The fourth-order valence-corrected chi connectivity index (χ4v) is 3.97. The van der Waals surface area contributed by atoms with Crippen molar-refractivity contribution in [1.82, 2.24) is 14.8 Å². The molecule has 1 amide bonds. The zero-order chi connectivity index (χ0) is 22.9. The summed E-state index contributed by atoms with van der Waals surface area (Å²) >= 11 is 0. The third kappa shape index (κ3) is 3.76. The van der Waals surface area contributed by atoms with Crippen molar-refractivity contribution in [2.75, 3.05) is 17.7 Å². The number of carbonyl (C=O) groups is 1. The van der Waals surface area contributed by atoms with Gasteiger partial charge in [-0.25, -0.2) is 4.68 Å². The Morgan fingerprint density at radius 1 is 1.06 bits per heavy atom. The van der Waals surface area contributed by atoms with Crippen LogP contribution in [-0.4, -0.2) is 27.8 Å². The van der Waals surface area contributed by atoms with E-state index in [1.165, 1.54) is 0 Å². The number of nitrogens with one attached hydrogen (secondary N) is 2. The van der Waals surface area contributed by atoms with Gasteiger partial charge in [0.15, 0.2) is 5.82 Å². The predicted octanol–water partition coefficient (Wildman–Crippen LogP) is 4.78. The van der Waals surface area contributed by atoms with Gasteiger partial charge in [-0.2, -0.15) is 4.98 Å². The van der Waals surface area contributed by atoms with Crippen molar-refractivity contribution in [3.8, 4) is 17.1 Å². The molecular formula is C25H23N5O3. The predicted molar refractivity (Wildman–Crippen MR) is 125 cm³/mol. The summed E-state index contributed by atoms with van der Waals surface area (Å²) in [4.78, 5) is 18.1. The number of methoxy groups -OCH3 is 1. The number of anilines is 2. The molecule has 0 spiro atoms. The molecule has 4 aromatic rings. The van der Waals surface area contributed by atoms with Crippen LogP contribution in [0.5, 0.6) is 5.75 Å². The number of ether oxygens (including phenoxy) is 1. The Labute approximate surface area is 190 Å². The number of aryl methyl sites for hydroxylation is 1. The van der Waals surface area contributed by atoms with E-state index in [9.17, 15) is 4.79 Å². The molecule has 0 saturated heterocycles. The molecule has 0 radical (unpaired) electrons. The van der Waals surface area contributed by atoms with Crippen LogP contribution in [0, 0.1) is 6.92 Å². The number of hydrogen-bond donors (Lipinski definition) is 2. The summed E-state index contributed by atoms with van der Waals surface area (Å²) in [5, 5.41) is 11.0. The lowest BCUT2D eigenvalue weighted by atomic mass is 10.00. The number of aromatic nitrogens is 3. The van der Waals surface area contributed by atoms with E-state index in [0.29, 0.717) is 40.2 Å². The molecule has 3 heterocycles. The highest BCUT2D eigenvalue weighted by molar-refractivity contribution is 6.05. The van der Waals surface area contributed by atoms with Crippen LogP contribution in [0.15, 0.2) is 82.4 Å². The van der Waals surface area contributed by atoms with Gasteiger partial charge in [0.25, 0.3) is 5.91 Å². The quantitative estimate of drug-likeness (QED) is 0.463. The summed E-state index contributed by atoms with van der Waals surface area (Å²) in [5.74, 6) is 2.77. The van der Waals surface area contributed by atoms with Gasteiger partial charge in [-0.15, -0.1) is 5.10 Å². The normalized spacial score (nSPS) is 15.1. The van der Waals surface area contributed by atoms with Crippen molar-refractivity contribution < 1.29 is 13.9 Å². The van der Waals surface area contributed by atoms with E-state index in [-0.39, 0.29) is 5.91 Å². The molecule has 1 atom stereocenters. The number of hydrogen-bond acceptors (Lipinski definition) is 6. The zero-order valence-electron chi connectivity index (χ0n) is 18.5. The van der Waals surface area contributed by atoms with Crippen molar-refractivity contribution in [1.29, 1.82) is 0 Å². The molecule has 2 aromatic heterocycles. The third-order valence-corrected chi connectivity index (χ3v) is 5.51. The fraction of sp³-hybridized carbons (Fsp3) is 0.160. The monoisotopic (exact) mass is 441 g/mol. The number of nitrogens with zero attached hydrogens (tertiary/aromatic N) is 3. The number of furan rings is 1. The molecule has 1 aliphatic rings. The van der Waals surface area contributed by atoms with E-state index in [0.717, 1.165) is 11.3 Å². The SMILES string of the molecule is COc1ccccc1-c1nc2n(n1)C(c1ccc(C)o1)C(C(=O)Nc1ccccc1)=C(C)N2. The summed E-state index contributed by atoms with van der Waals surface area (Å²) in [6.45, 7) is 3.72. The lowest BCUT2D eigenvalue weighted by Crippen LogP contribution is -2.31. The van der Waals surface area contributed by atoms with E-state index in [1.54, 1.807) is 11.8 Å². The third-order valence-electron chi connectivity index (χ3n) is 5.51. The minimum atomic E-state index is -0.588. The topological polar surface area (TPSA) is 94.2 Å². The number of rotatable bonds is 5. The maximum Gasteiger partial charge on any atom is 0.256 e. The molecule has 8 heteroatoms. The lowest BCUT2D eigenvalue weighted by molar-refractivity contribution is -0.113. The van der Waals surface area contributed by atoms with Gasteiger partial charge in [0.1, 0.15) is 23.3 Å². The second-order valence-electron chi connectivity index (χ2n) is 7.74.